The van der Waals surface area contributed by atoms with Gasteiger partial charge in [-0.1, -0.05) is 13.8 Å². The number of amides is 1. The van der Waals surface area contributed by atoms with Gasteiger partial charge in [0.25, 0.3) is 0 Å². The standard InChI is InChI=1S/C11H21N5O/c1-7(2)5-9(12)11(17)16(4)6-10-13-8(3)14-15-10/h7,9H,5-6,12H2,1-4H3,(H,13,14,15)/t9-/m0/s1. The summed E-state index contributed by atoms with van der Waals surface area (Å²) in [4.78, 5) is 17.6. The summed E-state index contributed by atoms with van der Waals surface area (Å²) >= 11 is 0. The van der Waals surface area contributed by atoms with E-state index in [1.165, 1.54) is 0 Å². The van der Waals surface area contributed by atoms with E-state index in [0.29, 0.717) is 24.7 Å². The summed E-state index contributed by atoms with van der Waals surface area (Å²) in [5.74, 6) is 1.69. The molecule has 1 rings (SSSR count). The molecule has 0 bridgehead atoms. The Morgan fingerprint density at radius 3 is 2.65 bits per heavy atom. The molecule has 3 N–H and O–H groups in total. The number of hydrogen-bond acceptors (Lipinski definition) is 4. The summed E-state index contributed by atoms with van der Waals surface area (Å²) in [5, 5.41) is 6.73. The third-order valence-electron chi connectivity index (χ3n) is 2.44. The van der Waals surface area contributed by atoms with Crippen molar-refractivity contribution in [2.45, 2.75) is 39.8 Å². The molecule has 1 aromatic heterocycles. The number of carbonyl (C=O) groups excluding carboxylic acids is 1. The Balaban J connectivity index is 2.52. The Morgan fingerprint density at radius 2 is 2.18 bits per heavy atom. The molecule has 1 amide bonds. The number of aromatic amines is 1. The van der Waals surface area contributed by atoms with Crippen LogP contribution in [0, 0.1) is 12.8 Å². The zero-order chi connectivity index (χ0) is 13.0. The highest BCUT2D eigenvalue weighted by Gasteiger charge is 2.20. The second-order valence-corrected chi connectivity index (χ2v) is 4.77. The van der Waals surface area contributed by atoms with E-state index < -0.39 is 6.04 Å². The van der Waals surface area contributed by atoms with Crippen molar-refractivity contribution in [1.29, 1.82) is 0 Å². The number of nitrogens with two attached hydrogens (primary N) is 1. The predicted octanol–water partition coefficient (Wildman–Crippen LogP) is 0.445. The molecule has 0 unspecified atom stereocenters. The maximum atomic E-state index is 11.9. The summed E-state index contributed by atoms with van der Waals surface area (Å²) in [6, 6.07) is -0.444. The number of nitrogens with zero attached hydrogens (tertiary/aromatic N) is 3. The number of rotatable bonds is 5. The number of aryl methyl sites for hydroxylation is 1. The Morgan fingerprint density at radius 1 is 1.53 bits per heavy atom. The van der Waals surface area contributed by atoms with Crippen LogP contribution in [0.4, 0.5) is 0 Å². The van der Waals surface area contributed by atoms with Crippen LogP contribution in [0.1, 0.15) is 31.9 Å². The lowest BCUT2D eigenvalue weighted by molar-refractivity contribution is -0.132. The minimum absolute atomic E-state index is 0.0684. The topological polar surface area (TPSA) is 87.9 Å². The monoisotopic (exact) mass is 239 g/mol. The first-order valence-corrected chi connectivity index (χ1v) is 5.78. The third-order valence-corrected chi connectivity index (χ3v) is 2.44. The van der Waals surface area contributed by atoms with Gasteiger partial charge in [0.05, 0.1) is 12.6 Å². The summed E-state index contributed by atoms with van der Waals surface area (Å²) in [7, 11) is 1.72. The summed E-state index contributed by atoms with van der Waals surface area (Å²) in [6.07, 6.45) is 0.691. The summed E-state index contributed by atoms with van der Waals surface area (Å²) in [5.41, 5.74) is 5.84. The van der Waals surface area contributed by atoms with E-state index in [-0.39, 0.29) is 5.91 Å². The number of carbonyl (C=O) groups is 1. The molecule has 0 radical (unpaired) electrons. The van der Waals surface area contributed by atoms with E-state index in [1.54, 1.807) is 11.9 Å². The van der Waals surface area contributed by atoms with Crippen LogP contribution >= 0.6 is 0 Å². The van der Waals surface area contributed by atoms with E-state index in [0.717, 1.165) is 5.82 Å². The molecule has 0 aromatic carbocycles. The van der Waals surface area contributed by atoms with Crippen LogP contribution in [0.5, 0.6) is 0 Å². The van der Waals surface area contributed by atoms with E-state index in [2.05, 4.69) is 15.2 Å². The van der Waals surface area contributed by atoms with Gasteiger partial charge in [-0.05, 0) is 19.3 Å². The van der Waals surface area contributed by atoms with Crippen molar-refractivity contribution in [3.05, 3.63) is 11.6 Å². The fourth-order valence-corrected chi connectivity index (χ4v) is 1.64. The first-order chi connectivity index (χ1) is 7.90. The zero-order valence-corrected chi connectivity index (χ0v) is 10.9. The molecule has 0 aliphatic rings. The van der Waals surface area contributed by atoms with E-state index in [1.807, 2.05) is 20.8 Å². The Kier molecular flexibility index (Phi) is 4.62. The van der Waals surface area contributed by atoms with Crippen LogP contribution in [0.3, 0.4) is 0 Å². The average molecular weight is 239 g/mol. The predicted molar refractivity (Wildman–Crippen MR) is 65.0 cm³/mol. The van der Waals surface area contributed by atoms with Crippen molar-refractivity contribution < 1.29 is 4.79 Å². The number of H-pyrrole nitrogens is 1. The fourth-order valence-electron chi connectivity index (χ4n) is 1.64. The molecule has 1 aromatic rings. The quantitative estimate of drug-likeness (QED) is 0.780. The van der Waals surface area contributed by atoms with Gasteiger partial charge in [-0.25, -0.2) is 4.98 Å². The van der Waals surface area contributed by atoms with Crippen LogP contribution in [-0.2, 0) is 11.3 Å². The molecule has 1 atom stereocenters. The minimum atomic E-state index is -0.444. The second kappa shape index (κ2) is 5.77. The number of nitrogens with one attached hydrogen (secondary N) is 1. The molecular weight excluding hydrogens is 218 g/mol. The van der Waals surface area contributed by atoms with Gasteiger partial charge in [0.1, 0.15) is 5.82 Å². The maximum Gasteiger partial charge on any atom is 0.239 e. The van der Waals surface area contributed by atoms with Crippen molar-refractivity contribution in [3.8, 4) is 0 Å². The van der Waals surface area contributed by atoms with Gasteiger partial charge in [-0.3, -0.25) is 9.89 Å². The molecule has 6 heteroatoms. The molecule has 17 heavy (non-hydrogen) atoms. The number of aromatic nitrogens is 3. The molecular formula is C11H21N5O. The molecule has 0 saturated heterocycles. The van der Waals surface area contributed by atoms with Gasteiger partial charge in [0, 0.05) is 7.05 Å². The Bertz CT molecular complexity index is 374. The SMILES string of the molecule is Cc1nc(CN(C)C(=O)[C@@H](N)CC(C)C)n[nH]1. The molecule has 6 nitrogen and oxygen atoms in total. The Labute approximate surface area is 102 Å². The van der Waals surface area contributed by atoms with Crippen molar-refractivity contribution >= 4 is 5.91 Å². The zero-order valence-electron chi connectivity index (χ0n) is 10.9. The van der Waals surface area contributed by atoms with Crippen molar-refractivity contribution in [2.75, 3.05) is 7.05 Å². The summed E-state index contributed by atoms with van der Waals surface area (Å²) < 4.78 is 0. The van der Waals surface area contributed by atoms with Gasteiger partial charge in [0.2, 0.25) is 5.91 Å². The van der Waals surface area contributed by atoms with Gasteiger partial charge < -0.3 is 10.6 Å². The maximum absolute atomic E-state index is 11.9. The molecule has 0 spiro atoms. The third kappa shape index (κ3) is 4.14. The van der Waals surface area contributed by atoms with E-state index >= 15 is 0 Å². The first-order valence-electron chi connectivity index (χ1n) is 5.78. The van der Waals surface area contributed by atoms with Crippen LogP contribution in [0.2, 0.25) is 0 Å². The molecule has 96 valence electrons. The van der Waals surface area contributed by atoms with Crippen molar-refractivity contribution in [3.63, 3.8) is 0 Å². The normalized spacial score (nSPS) is 12.8. The molecule has 1 heterocycles. The smallest absolute Gasteiger partial charge is 0.239 e. The van der Waals surface area contributed by atoms with Crippen molar-refractivity contribution in [2.24, 2.45) is 11.7 Å². The van der Waals surface area contributed by atoms with Gasteiger partial charge >= 0.3 is 0 Å². The lowest BCUT2D eigenvalue weighted by atomic mass is 10.0. The van der Waals surface area contributed by atoms with Crippen LogP contribution in [-0.4, -0.2) is 39.1 Å². The van der Waals surface area contributed by atoms with E-state index in [4.69, 9.17) is 5.73 Å². The lowest BCUT2D eigenvalue weighted by Gasteiger charge is -2.21. The second-order valence-electron chi connectivity index (χ2n) is 4.77. The highest BCUT2D eigenvalue weighted by atomic mass is 16.2. The van der Waals surface area contributed by atoms with Gasteiger partial charge in [-0.15, -0.1) is 0 Å². The first kappa shape index (κ1) is 13.6. The molecule has 0 saturated carbocycles. The Hall–Kier alpha value is -1.43. The fraction of sp³-hybridized carbons (Fsp3) is 0.727. The van der Waals surface area contributed by atoms with E-state index in [9.17, 15) is 4.79 Å². The van der Waals surface area contributed by atoms with Gasteiger partial charge in [-0.2, -0.15) is 5.10 Å². The molecule has 0 aliphatic carbocycles. The largest absolute Gasteiger partial charge is 0.337 e. The van der Waals surface area contributed by atoms with Crippen molar-refractivity contribution in [1.82, 2.24) is 20.1 Å². The number of hydrogen-bond donors (Lipinski definition) is 2. The number of likely N-dealkylation sites (N-methyl/N-ethyl adjacent to an activating group) is 1. The van der Waals surface area contributed by atoms with Crippen LogP contribution < -0.4 is 5.73 Å². The molecule has 0 fully saturated rings. The highest BCUT2D eigenvalue weighted by molar-refractivity contribution is 5.81. The van der Waals surface area contributed by atoms with Crippen LogP contribution in [0.25, 0.3) is 0 Å². The lowest BCUT2D eigenvalue weighted by Crippen LogP contribution is -2.42. The minimum Gasteiger partial charge on any atom is -0.337 e. The van der Waals surface area contributed by atoms with Gasteiger partial charge in [0.15, 0.2) is 5.82 Å². The van der Waals surface area contributed by atoms with Crippen LogP contribution in [0.15, 0.2) is 0 Å². The summed E-state index contributed by atoms with van der Waals surface area (Å²) in [6.45, 7) is 6.30. The average Bonchev–Trinajstić information content (AvgIpc) is 2.61. The highest BCUT2D eigenvalue weighted by Crippen LogP contribution is 2.06. The molecule has 0 aliphatic heterocycles.